The maximum atomic E-state index is 11.5. The highest BCUT2D eigenvalue weighted by atomic mass is 32.1. The van der Waals surface area contributed by atoms with E-state index in [-0.39, 0.29) is 18.5 Å². The topological polar surface area (TPSA) is 55.4 Å². The molecule has 0 bridgehead atoms. The van der Waals surface area contributed by atoms with E-state index in [0.29, 0.717) is 18.7 Å². The van der Waals surface area contributed by atoms with Gasteiger partial charge in [-0.1, -0.05) is 67.7 Å². The number of carbonyl (C=O) groups excluding carboxylic acids is 2. The van der Waals surface area contributed by atoms with Gasteiger partial charge in [-0.05, 0) is 44.9 Å². The number of amides is 1. The first-order valence-electron chi connectivity index (χ1n) is 10.5. The highest BCUT2D eigenvalue weighted by molar-refractivity contribution is 7.80. The molecule has 0 aromatic carbocycles. The first-order valence-corrected chi connectivity index (χ1v) is 11.1. The predicted molar refractivity (Wildman–Crippen MR) is 126 cm³/mol. The van der Waals surface area contributed by atoms with Crippen molar-refractivity contribution >= 4 is 24.5 Å². The molecule has 0 aliphatic carbocycles. The number of unbranched alkanes of at least 4 members (excludes halogenated alkanes) is 1. The number of hydrogen-bond acceptors (Lipinski definition) is 4. The third-order valence-electron chi connectivity index (χ3n) is 3.71. The zero-order chi connectivity index (χ0) is 21.4. The fourth-order valence-electron chi connectivity index (χ4n) is 2.20. The molecular formula is C24H37NO3S. The summed E-state index contributed by atoms with van der Waals surface area (Å²) in [7, 11) is 0. The Balaban J connectivity index is 3.56. The van der Waals surface area contributed by atoms with E-state index in [1.54, 1.807) is 0 Å². The second-order valence-corrected chi connectivity index (χ2v) is 6.78. The lowest BCUT2D eigenvalue weighted by Crippen LogP contribution is -2.30. The van der Waals surface area contributed by atoms with Gasteiger partial charge in [0.05, 0.1) is 0 Å². The van der Waals surface area contributed by atoms with Gasteiger partial charge in [-0.15, -0.1) is 0 Å². The Morgan fingerprint density at radius 2 is 1.34 bits per heavy atom. The standard InChI is InChI=1S/C24H37NO3S/c1-2-3-4-5-6-7-8-9-10-11-12-13-14-15-16-17-18-19-24(27)28-22-23(26)25-20-21-29/h3-4,6-7,9-10,12-13,15-16,29H,2,5,8,11,14,17-22H2,1H3,(H,25,26)/b4-3-,7-6-,10-9-,13-12-,16-15+. The maximum Gasteiger partial charge on any atom is 0.306 e. The molecule has 4 nitrogen and oxygen atoms in total. The van der Waals surface area contributed by atoms with Crippen LogP contribution in [0, 0.1) is 0 Å². The fourth-order valence-corrected chi connectivity index (χ4v) is 2.31. The van der Waals surface area contributed by atoms with E-state index >= 15 is 0 Å². The molecule has 1 amide bonds. The van der Waals surface area contributed by atoms with Gasteiger partial charge in [0.2, 0.25) is 0 Å². The summed E-state index contributed by atoms with van der Waals surface area (Å²) in [6.45, 7) is 2.40. The Morgan fingerprint density at radius 3 is 1.86 bits per heavy atom. The van der Waals surface area contributed by atoms with Crippen LogP contribution in [0.1, 0.15) is 58.3 Å². The zero-order valence-electron chi connectivity index (χ0n) is 17.7. The number of rotatable bonds is 17. The molecule has 1 N–H and O–H groups in total. The lowest BCUT2D eigenvalue weighted by Gasteiger charge is -2.04. The predicted octanol–water partition coefficient (Wildman–Crippen LogP) is 5.50. The van der Waals surface area contributed by atoms with E-state index in [2.05, 4.69) is 85.6 Å². The Morgan fingerprint density at radius 1 is 0.828 bits per heavy atom. The molecule has 0 unspecified atom stereocenters. The van der Waals surface area contributed by atoms with Crippen molar-refractivity contribution in [3.8, 4) is 0 Å². The summed E-state index contributed by atoms with van der Waals surface area (Å²) >= 11 is 3.99. The van der Waals surface area contributed by atoms with Crippen LogP contribution in [0.4, 0.5) is 0 Å². The normalized spacial score (nSPS) is 12.2. The number of nitrogens with one attached hydrogen (secondary N) is 1. The summed E-state index contributed by atoms with van der Waals surface area (Å²) < 4.78 is 4.91. The van der Waals surface area contributed by atoms with Crippen molar-refractivity contribution in [2.45, 2.75) is 58.3 Å². The molecule has 0 atom stereocenters. The van der Waals surface area contributed by atoms with Crippen molar-refractivity contribution in [1.29, 1.82) is 0 Å². The van der Waals surface area contributed by atoms with Crippen molar-refractivity contribution in [2.75, 3.05) is 18.9 Å². The van der Waals surface area contributed by atoms with Crippen molar-refractivity contribution < 1.29 is 14.3 Å². The van der Waals surface area contributed by atoms with E-state index in [1.165, 1.54) is 0 Å². The van der Waals surface area contributed by atoms with Gasteiger partial charge in [0.1, 0.15) is 0 Å². The zero-order valence-corrected chi connectivity index (χ0v) is 18.6. The summed E-state index contributed by atoms with van der Waals surface area (Å²) in [5.41, 5.74) is 0. The third-order valence-corrected chi connectivity index (χ3v) is 3.93. The van der Waals surface area contributed by atoms with E-state index in [1.807, 2.05) is 0 Å². The van der Waals surface area contributed by atoms with Crippen LogP contribution < -0.4 is 5.32 Å². The summed E-state index contributed by atoms with van der Waals surface area (Å²) in [6.07, 6.45) is 28.4. The molecule has 0 saturated carbocycles. The highest BCUT2D eigenvalue weighted by Gasteiger charge is 2.05. The third kappa shape index (κ3) is 22.1. The monoisotopic (exact) mass is 419 g/mol. The Bertz CT molecular complexity index is 562. The summed E-state index contributed by atoms with van der Waals surface area (Å²) in [4.78, 5) is 22.8. The first-order chi connectivity index (χ1) is 14.2. The van der Waals surface area contributed by atoms with Crippen LogP contribution in [0.2, 0.25) is 0 Å². The number of esters is 1. The molecule has 0 spiro atoms. The molecule has 0 aliphatic rings. The molecule has 0 aromatic heterocycles. The second kappa shape index (κ2) is 22.3. The SMILES string of the molecule is CC/C=C\C/C=C\C/C=C\C/C=C\C/C=C/CCCC(=O)OCC(=O)NCCS. The van der Waals surface area contributed by atoms with E-state index in [9.17, 15) is 9.59 Å². The van der Waals surface area contributed by atoms with Crippen molar-refractivity contribution in [2.24, 2.45) is 0 Å². The average Bonchev–Trinajstić information content (AvgIpc) is 2.72. The van der Waals surface area contributed by atoms with Gasteiger partial charge in [-0.2, -0.15) is 12.6 Å². The lowest BCUT2D eigenvalue weighted by atomic mass is 10.2. The average molecular weight is 420 g/mol. The molecule has 0 fully saturated rings. The quantitative estimate of drug-likeness (QED) is 0.142. The summed E-state index contributed by atoms with van der Waals surface area (Å²) in [5.74, 6) is -0.0592. The largest absolute Gasteiger partial charge is 0.456 e. The van der Waals surface area contributed by atoms with Crippen LogP contribution in [0.15, 0.2) is 60.8 Å². The minimum atomic E-state index is -0.335. The Labute approximate surface area is 182 Å². The van der Waals surface area contributed by atoms with Gasteiger partial charge in [-0.25, -0.2) is 0 Å². The minimum absolute atomic E-state index is 0.214. The van der Waals surface area contributed by atoms with Gasteiger partial charge < -0.3 is 10.1 Å². The van der Waals surface area contributed by atoms with Crippen LogP contribution in [0.5, 0.6) is 0 Å². The van der Waals surface area contributed by atoms with Gasteiger partial charge in [0.15, 0.2) is 6.61 Å². The number of ether oxygens (including phenoxy) is 1. The van der Waals surface area contributed by atoms with Crippen LogP contribution in [0.3, 0.4) is 0 Å². The van der Waals surface area contributed by atoms with Crippen molar-refractivity contribution in [1.82, 2.24) is 5.32 Å². The molecule has 29 heavy (non-hydrogen) atoms. The van der Waals surface area contributed by atoms with Crippen molar-refractivity contribution in [3.05, 3.63) is 60.8 Å². The first kappa shape index (κ1) is 27.0. The molecular weight excluding hydrogens is 382 g/mol. The van der Waals surface area contributed by atoms with Crippen molar-refractivity contribution in [3.63, 3.8) is 0 Å². The molecule has 162 valence electrons. The van der Waals surface area contributed by atoms with E-state index in [0.717, 1.165) is 44.9 Å². The summed E-state index contributed by atoms with van der Waals surface area (Å²) in [6, 6.07) is 0. The Hall–Kier alpha value is -2.01. The van der Waals surface area contributed by atoms with E-state index in [4.69, 9.17) is 4.74 Å². The molecule has 0 heterocycles. The van der Waals surface area contributed by atoms with Crippen LogP contribution >= 0.6 is 12.6 Å². The molecule has 0 aromatic rings. The van der Waals surface area contributed by atoms with Gasteiger partial charge in [0.25, 0.3) is 5.91 Å². The van der Waals surface area contributed by atoms with Gasteiger partial charge >= 0.3 is 5.97 Å². The fraction of sp³-hybridized carbons (Fsp3) is 0.500. The lowest BCUT2D eigenvalue weighted by molar-refractivity contribution is -0.148. The van der Waals surface area contributed by atoms with Crippen LogP contribution in [-0.4, -0.2) is 30.8 Å². The molecule has 0 radical (unpaired) electrons. The maximum absolute atomic E-state index is 11.5. The minimum Gasteiger partial charge on any atom is -0.456 e. The second-order valence-electron chi connectivity index (χ2n) is 6.33. The molecule has 0 saturated heterocycles. The number of carbonyl (C=O) groups is 2. The summed E-state index contributed by atoms with van der Waals surface area (Å²) in [5, 5.41) is 2.59. The van der Waals surface area contributed by atoms with Gasteiger partial charge in [0, 0.05) is 18.7 Å². The molecule has 0 aliphatic heterocycles. The molecule has 5 heteroatoms. The smallest absolute Gasteiger partial charge is 0.306 e. The Kier molecular flexibility index (Phi) is 20.7. The number of allylic oxidation sites excluding steroid dienone is 10. The number of thiol groups is 1. The van der Waals surface area contributed by atoms with E-state index < -0.39 is 0 Å². The van der Waals surface area contributed by atoms with Crippen LogP contribution in [0.25, 0.3) is 0 Å². The highest BCUT2D eigenvalue weighted by Crippen LogP contribution is 2.01. The van der Waals surface area contributed by atoms with Crippen LogP contribution in [-0.2, 0) is 14.3 Å². The van der Waals surface area contributed by atoms with Gasteiger partial charge in [-0.3, -0.25) is 9.59 Å². The molecule has 0 rings (SSSR count). The number of hydrogen-bond donors (Lipinski definition) is 2.